The minimum Gasteiger partial charge on any atom is -0.326 e. The second-order valence-corrected chi connectivity index (χ2v) is 6.92. The smallest absolute Gasteiger partial charge is 0.261 e. The molecule has 0 saturated carbocycles. The van der Waals surface area contributed by atoms with Crippen LogP contribution in [0.3, 0.4) is 0 Å². The molecule has 0 unspecified atom stereocenters. The second kappa shape index (κ2) is 7.54. The minimum atomic E-state index is -0.953. The van der Waals surface area contributed by atoms with Gasteiger partial charge >= 0.3 is 0 Å². The van der Waals surface area contributed by atoms with Gasteiger partial charge in [-0.25, -0.2) is 13.8 Å². The predicted octanol–water partition coefficient (Wildman–Crippen LogP) is 3.22. The lowest BCUT2D eigenvalue weighted by Gasteiger charge is -2.08. The monoisotopic (exact) mass is 397 g/mol. The summed E-state index contributed by atoms with van der Waals surface area (Å²) in [5.41, 5.74) is 0.599. The van der Waals surface area contributed by atoms with Crippen LogP contribution in [0.15, 0.2) is 41.2 Å². The molecule has 0 radical (unpaired) electrons. The van der Waals surface area contributed by atoms with Gasteiger partial charge in [-0.05, 0) is 36.8 Å². The number of anilines is 1. The maximum atomic E-state index is 13.7. The van der Waals surface area contributed by atoms with Crippen molar-refractivity contribution in [1.29, 1.82) is 0 Å². The van der Waals surface area contributed by atoms with Gasteiger partial charge in [0.25, 0.3) is 5.56 Å². The first-order valence-electron chi connectivity index (χ1n) is 9.24. The number of nitrogens with zero attached hydrogens (tertiary/aromatic N) is 2. The van der Waals surface area contributed by atoms with Crippen LogP contribution in [-0.2, 0) is 17.8 Å². The first kappa shape index (κ1) is 18.9. The third-order valence-corrected chi connectivity index (χ3v) is 4.91. The summed E-state index contributed by atoms with van der Waals surface area (Å²) in [7, 11) is 0. The van der Waals surface area contributed by atoms with Crippen LogP contribution in [0.4, 0.5) is 14.5 Å². The Morgan fingerprint density at radius 1 is 1.10 bits per heavy atom. The lowest BCUT2D eigenvalue weighted by atomic mass is 10.1. The summed E-state index contributed by atoms with van der Waals surface area (Å²) in [5.74, 6) is -2.00. The van der Waals surface area contributed by atoms with Gasteiger partial charge in [-0.2, -0.15) is 0 Å². The number of benzene rings is 2. The molecule has 0 atom stereocenters. The van der Waals surface area contributed by atoms with E-state index in [2.05, 4.69) is 10.3 Å². The molecule has 1 aromatic heterocycles. The van der Waals surface area contributed by atoms with E-state index < -0.39 is 23.3 Å². The summed E-state index contributed by atoms with van der Waals surface area (Å²) in [5, 5.41) is 3.05. The van der Waals surface area contributed by atoms with E-state index in [0.29, 0.717) is 29.2 Å². The number of hydrogen-bond acceptors (Lipinski definition) is 4. The van der Waals surface area contributed by atoms with Crippen molar-refractivity contribution < 1.29 is 18.4 Å². The van der Waals surface area contributed by atoms with Crippen molar-refractivity contribution in [3.8, 4) is 0 Å². The molecular formula is C21H17F2N3O3. The topological polar surface area (TPSA) is 81.1 Å². The van der Waals surface area contributed by atoms with Gasteiger partial charge in [-0.3, -0.25) is 19.0 Å². The molecule has 4 rings (SSSR count). The normalized spacial score (nSPS) is 12.8. The molecule has 148 valence electrons. The van der Waals surface area contributed by atoms with Gasteiger partial charge in [0.05, 0.1) is 16.5 Å². The highest BCUT2D eigenvalue weighted by Crippen LogP contribution is 2.19. The quantitative estimate of drug-likeness (QED) is 0.671. The number of aryl methyl sites for hydroxylation is 1. The summed E-state index contributed by atoms with van der Waals surface area (Å²) in [6.07, 6.45) is 1.26. The van der Waals surface area contributed by atoms with E-state index in [0.717, 1.165) is 30.8 Å². The Hall–Kier alpha value is -3.42. The summed E-state index contributed by atoms with van der Waals surface area (Å²) in [6, 6.07) is 7.56. The summed E-state index contributed by atoms with van der Waals surface area (Å²) in [4.78, 5) is 41.3. The zero-order valence-electron chi connectivity index (χ0n) is 15.4. The SMILES string of the molecule is O=C(CCC(=O)c1ccc(F)cc1F)Nc1ccc2nc3n(c(=O)c2c1)CCC3. The highest BCUT2D eigenvalue weighted by Gasteiger charge is 2.17. The predicted molar refractivity (Wildman–Crippen MR) is 103 cm³/mol. The van der Waals surface area contributed by atoms with Crippen LogP contribution in [0.5, 0.6) is 0 Å². The number of ketones is 1. The van der Waals surface area contributed by atoms with Crippen molar-refractivity contribution in [2.24, 2.45) is 0 Å². The molecule has 1 aliphatic rings. The molecule has 2 heterocycles. The lowest BCUT2D eigenvalue weighted by molar-refractivity contribution is -0.116. The Bertz CT molecular complexity index is 1200. The van der Waals surface area contributed by atoms with Crippen molar-refractivity contribution in [3.63, 3.8) is 0 Å². The molecule has 6 nitrogen and oxygen atoms in total. The number of carbonyl (C=O) groups is 2. The molecule has 0 aliphatic carbocycles. The van der Waals surface area contributed by atoms with Crippen molar-refractivity contribution >= 4 is 28.3 Å². The van der Waals surface area contributed by atoms with Crippen LogP contribution >= 0.6 is 0 Å². The van der Waals surface area contributed by atoms with Gasteiger partial charge in [0.1, 0.15) is 17.5 Å². The third-order valence-electron chi connectivity index (χ3n) is 4.91. The number of rotatable bonds is 5. The Labute approximate surface area is 164 Å². The van der Waals surface area contributed by atoms with Gasteiger partial charge in [-0.15, -0.1) is 0 Å². The van der Waals surface area contributed by atoms with Gasteiger partial charge in [0, 0.05) is 37.6 Å². The third kappa shape index (κ3) is 3.78. The zero-order chi connectivity index (χ0) is 20.5. The number of nitrogens with one attached hydrogen (secondary N) is 1. The maximum Gasteiger partial charge on any atom is 0.261 e. The van der Waals surface area contributed by atoms with E-state index in [4.69, 9.17) is 0 Å². The average Bonchev–Trinajstić information content (AvgIpc) is 3.15. The van der Waals surface area contributed by atoms with Gasteiger partial charge in [-0.1, -0.05) is 0 Å². The number of aromatic nitrogens is 2. The first-order valence-corrected chi connectivity index (χ1v) is 9.24. The number of fused-ring (bicyclic) bond motifs is 2. The molecule has 0 bridgehead atoms. The number of amides is 1. The fourth-order valence-electron chi connectivity index (χ4n) is 3.46. The van der Waals surface area contributed by atoms with E-state index in [1.807, 2.05) is 0 Å². The second-order valence-electron chi connectivity index (χ2n) is 6.92. The summed E-state index contributed by atoms with van der Waals surface area (Å²) >= 11 is 0. The number of Topliss-reactive ketones (excluding diaryl/α,β-unsaturated/α-hetero) is 1. The van der Waals surface area contributed by atoms with Crippen molar-refractivity contribution in [2.45, 2.75) is 32.2 Å². The fraction of sp³-hybridized carbons (Fsp3) is 0.238. The van der Waals surface area contributed by atoms with Crippen LogP contribution in [0.2, 0.25) is 0 Å². The average molecular weight is 397 g/mol. The molecule has 2 aromatic carbocycles. The largest absolute Gasteiger partial charge is 0.326 e. The van der Waals surface area contributed by atoms with Crippen molar-refractivity contribution in [3.05, 3.63) is 69.8 Å². The van der Waals surface area contributed by atoms with Crippen LogP contribution in [0.25, 0.3) is 10.9 Å². The van der Waals surface area contributed by atoms with E-state index >= 15 is 0 Å². The van der Waals surface area contributed by atoms with E-state index in [-0.39, 0.29) is 24.0 Å². The van der Waals surface area contributed by atoms with Crippen LogP contribution < -0.4 is 10.9 Å². The Morgan fingerprint density at radius 2 is 1.93 bits per heavy atom. The van der Waals surface area contributed by atoms with Gasteiger partial charge in [0.15, 0.2) is 5.78 Å². The van der Waals surface area contributed by atoms with Crippen LogP contribution in [0, 0.1) is 11.6 Å². The fourth-order valence-corrected chi connectivity index (χ4v) is 3.46. The first-order chi connectivity index (χ1) is 13.9. The van der Waals surface area contributed by atoms with E-state index in [1.165, 1.54) is 0 Å². The molecule has 29 heavy (non-hydrogen) atoms. The van der Waals surface area contributed by atoms with E-state index in [9.17, 15) is 23.2 Å². The summed E-state index contributed by atoms with van der Waals surface area (Å²) in [6.45, 7) is 0.635. The minimum absolute atomic E-state index is 0.138. The molecule has 3 aromatic rings. The molecule has 0 saturated heterocycles. The van der Waals surface area contributed by atoms with Gasteiger partial charge in [0.2, 0.25) is 5.91 Å². The highest BCUT2D eigenvalue weighted by molar-refractivity contribution is 6.00. The number of carbonyl (C=O) groups excluding carboxylic acids is 2. The number of hydrogen-bond donors (Lipinski definition) is 1. The van der Waals surface area contributed by atoms with Crippen molar-refractivity contribution in [1.82, 2.24) is 9.55 Å². The standard InChI is InChI=1S/C21H17F2N3O3/c22-12-3-5-14(16(23)10-12)18(27)7-8-20(28)24-13-4-6-17-15(11-13)21(29)26-9-1-2-19(26)25-17/h3-6,10-11H,1-2,7-9H2,(H,24,28). The molecule has 8 heteroatoms. The Kier molecular flexibility index (Phi) is 4.92. The molecular weight excluding hydrogens is 380 g/mol. The zero-order valence-corrected chi connectivity index (χ0v) is 15.4. The Morgan fingerprint density at radius 3 is 2.72 bits per heavy atom. The maximum absolute atomic E-state index is 13.7. The lowest BCUT2D eigenvalue weighted by Crippen LogP contribution is -2.21. The van der Waals surface area contributed by atoms with Gasteiger partial charge < -0.3 is 5.32 Å². The molecule has 1 aliphatic heterocycles. The molecule has 1 N–H and O–H groups in total. The molecule has 1 amide bonds. The van der Waals surface area contributed by atoms with E-state index in [1.54, 1.807) is 22.8 Å². The summed E-state index contributed by atoms with van der Waals surface area (Å²) < 4.78 is 28.2. The highest BCUT2D eigenvalue weighted by atomic mass is 19.1. The van der Waals surface area contributed by atoms with Crippen LogP contribution in [-0.4, -0.2) is 21.2 Å². The molecule has 0 spiro atoms. The van der Waals surface area contributed by atoms with Crippen molar-refractivity contribution in [2.75, 3.05) is 5.32 Å². The Balaban J connectivity index is 1.45. The van der Waals surface area contributed by atoms with Crippen LogP contribution in [0.1, 0.15) is 35.4 Å². The molecule has 0 fully saturated rings. The number of halogens is 2.